The summed E-state index contributed by atoms with van der Waals surface area (Å²) in [5, 5.41) is 0. The van der Waals surface area contributed by atoms with Crippen molar-refractivity contribution in [1.29, 1.82) is 0 Å². The third-order valence-electron chi connectivity index (χ3n) is 6.77. The molecule has 0 N–H and O–H groups in total. The summed E-state index contributed by atoms with van der Waals surface area (Å²) in [7, 11) is 3.41. The van der Waals surface area contributed by atoms with Crippen LogP contribution in [0.1, 0.15) is 69.2 Å². The Morgan fingerprint density at radius 3 is 2.47 bits per heavy atom. The summed E-state index contributed by atoms with van der Waals surface area (Å²) < 4.78 is 54.4. The molecule has 1 amide bonds. The molecule has 2 fully saturated rings. The molecule has 2 aliphatic carbocycles. The predicted molar refractivity (Wildman–Crippen MR) is 119 cm³/mol. The van der Waals surface area contributed by atoms with Gasteiger partial charge in [-0.2, -0.15) is 13.2 Å². The van der Waals surface area contributed by atoms with Crippen molar-refractivity contribution in [3.05, 3.63) is 29.8 Å². The molecule has 0 radical (unpaired) electrons. The minimum atomic E-state index is -4.68. The smallest absolute Gasteiger partial charge is 0.437 e. The second-order valence-electron chi connectivity index (χ2n) is 9.17. The summed E-state index contributed by atoms with van der Waals surface area (Å²) in [4.78, 5) is 22.2. The average Bonchev–Trinajstić information content (AvgIpc) is 3.47. The van der Waals surface area contributed by atoms with Gasteiger partial charge >= 0.3 is 12.3 Å². The first-order chi connectivity index (χ1) is 16.2. The van der Waals surface area contributed by atoms with Crippen LogP contribution in [0.15, 0.2) is 18.5 Å². The summed E-state index contributed by atoms with van der Waals surface area (Å²) in [5.74, 6) is -0.259. The third kappa shape index (κ3) is 5.47. The van der Waals surface area contributed by atoms with Crippen molar-refractivity contribution in [2.45, 2.75) is 82.7 Å². The number of imidazole rings is 1. The highest BCUT2D eigenvalue weighted by atomic mass is 19.4. The number of ether oxygens (including phenoxy) is 2. The lowest BCUT2D eigenvalue weighted by Crippen LogP contribution is -2.35. The molecule has 10 heteroatoms. The minimum absolute atomic E-state index is 0.0547. The normalized spacial score (nSPS) is 17.7. The van der Waals surface area contributed by atoms with Gasteiger partial charge in [0.15, 0.2) is 11.4 Å². The number of halogens is 3. The van der Waals surface area contributed by atoms with Gasteiger partial charge in [0.05, 0.1) is 23.8 Å². The van der Waals surface area contributed by atoms with Crippen LogP contribution in [-0.4, -0.2) is 44.7 Å². The Bertz CT molecular complexity index is 996. The molecule has 0 aromatic carbocycles. The van der Waals surface area contributed by atoms with Crippen molar-refractivity contribution in [1.82, 2.24) is 19.4 Å². The maximum Gasteiger partial charge on any atom is 0.437 e. The number of rotatable bonds is 6. The Morgan fingerprint density at radius 2 is 1.79 bits per heavy atom. The average molecular weight is 481 g/mol. The van der Waals surface area contributed by atoms with Crippen LogP contribution in [0.25, 0.3) is 11.4 Å². The zero-order valence-corrected chi connectivity index (χ0v) is 19.6. The molecule has 2 heterocycles. The summed E-state index contributed by atoms with van der Waals surface area (Å²) in [6, 6.07) is 2.95. The quantitative estimate of drug-likeness (QED) is 0.529. The first-order valence-corrected chi connectivity index (χ1v) is 11.9. The highest BCUT2D eigenvalue weighted by Gasteiger charge is 2.38. The van der Waals surface area contributed by atoms with Crippen molar-refractivity contribution in [3.8, 4) is 17.1 Å². The second kappa shape index (κ2) is 10.2. The number of hydrogen-bond donors (Lipinski definition) is 0. The van der Waals surface area contributed by atoms with Gasteiger partial charge in [0.1, 0.15) is 12.3 Å². The van der Waals surface area contributed by atoms with Crippen molar-refractivity contribution in [3.63, 3.8) is 0 Å². The molecule has 186 valence electrons. The highest BCUT2D eigenvalue weighted by molar-refractivity contribution is 5.68. The molecule has 0 aliphatic heterocycles. The maximum absolute atomic E-state index is 13.9. The van der Waals surface area contributed by atoms with E-state index in [4.69, 9.17) is 9.47 Å². The first kappa shape index (κ1) is 24.3. The number of aryl methyl sites for hydroxylation is 1. The standard InChI is InChI=1S/C24H31F3N4O3/c1-30-15-28-21(19(30)14-33-23(32)31(2)16-8-6-7-9-16)18-12-13-20(22(29-18)24(25,26)27)34-17-10-4-3-5-11-17/h12-13,15-17H,3-11,14H2,1-2H3. The van der Waals surface area contributed by atoms with E-state index in [1.807, 2.05) is 0 Å². The van der Waals surface area contributed by atoms with E-state index in [0.29, 0.717) is 5.69 Å². The zero-order valence-electron chi connectivity index (χ0n) is 19.6. The van der Waals surface area contributed by atoms with E-state index in [9.17, 15) is 18.0 Å². The number of amides is 1. The van der Waals surface area contributed by atoms with Gasteiger partial charge in [-0.1, -0.05) is 19.3 Å². The van der Waals surface area contributed by atoms with Gasteiger partial charge in [-0.25, -0.2) is 14.8 Å². The molecular weight excluding hydrogens is 449 g/mol. The van der Waals surface area contributed by atoms with E-state index < -0.39 is 18.0 Å². The molecule has 4 rings (SSSR count). The van der Waals surface area contributed by atoms with Crippen LogP contribution < -0.4 is 4.74 Å². The maximum atomic E-state index is 13.9. The van der Waals surface area contributed by atoms with E-state index in [1.165, 1.54) is 18.5 Å². The summed E-state index contributed by atoms with van der Waals surface area (Å²) in [5.41, 5.74) is -0.299. The number of alkyl halides is 3. The van der Waals surface area contributed by atoms with Gasteiger partial charge in [-0.3, -0.25) is 0 Å². The Balaban J connectivity index is 1.54. The van der Waals surface area contributed by atoms with Crippen molar-refractivity contribution in [2.24, 2.45) is 7.05 Å². The van der Waals surface area contributed by atoms with Gasteiger partial charge in [0, 0.05) is 20.1 Å². The van der Waals surface area contributed by atoms with Gasteiger partial charge in [0.2, 0.25) is 0 Å². The predicted octanol–water partition coefficient (Wildman–Crippen LogP) is 5.72. The van der Waals surface area contributed by atoms with Crippen LogP contribution in [0.3, 0.4) is 0 Å². The number of pyridine rings is 1. The summed E-state index contributed by atoms with van der Waals surface area (Å²) in [6.07, 6.45) is 4.62. The molecule has 0 bridgehead atoms. The highest BCUT2D eigenvalue weighted by Crippen LogP contribution is 2.38. The lowest BCUT2D eigenvalue weighted by atomic mass is 9.98. The SMILES string of the molecule is CN(C(=O)OCc1c(-c2ccc(OC3CCCCC3)c(C(F)(F)F)n2)ncn1C)C1CCCC1. The Morgan fingerprint density at radius 1 is 1.12 bits per heavy atom. The van der Waals surface area contributed by atoms with Crippen LogP contribution in [0.2, 0.25) is 0 Å². The number of carbonyl (C=O) groups excluding carboxylic acids is 1. The zero-order chi connectivity index (χ0) is 24.3. The van der Waals surface area contributed by atoms with Gasteiger partial charge in [-0.15, -0.1) is 0 Å². The van der Waals surface area contributed by atoms with Crippen molar-refractivity contribution >= 4 is 6.09 Å². The number of carbonyl (C=O) groups is 1. The Labute approximate surface area is 197 Å². The lowest BCUT2D eigenvalue weighted by molar-refractivity contribution is -0.143. The monoisotopic (exact) mass is 480 g/mol. The van der Waals surface area contributed by atoms with E-state index in [1.54, 1.807) is 23.6 Å². The Kier molecular flexibility index (Phi) is 7.33. The minimum Gasteiger partial charge on any atom is -0.488 e. The number of aromatic nitrogens is 3. The lowest BCUT2D eigenvalue weighted by Gasteiger charge is -2.24. The van der Waals surface area contributed by atoms with Crippen LogP contribution in [0, 0.1) is 0 Å². The molecule has 2 saturated carbocycles. The van der Waals surface area contributed by atoms with Crippen LogP contribution in [0.5, 0.6) is 5.75 Å². The fourth-order valence-electron chi connectivity index (χ4n) is 4.75. The van der Waals surface area contributed by atoms with Crippen molar-refractivity contribution in [2.75, 3.05) is 7.05 Å². The molecule has 2 aromatic rings. The van der Waals surface area contributed by atoms with E-state index >= 15 is 0 Å². The van der Waals surface area contributed by atoms with Crippen LogP contribution in [-0.2, 0) is 24.6 Å². The fourth-order valence-corrected chi connectivity index (χ4v) is 4.75. The summed E-state index contributed by atoms with van der Waals surface area (Å²) in [6.45, 7) is -0.120. The van der Waals surface area contributed by atoms with Gasteiger partial charge < -0.3 is 18.9 Å². The van der Waals surface area contributed by atoms with Crippen molar-refractivity contribution < 1.29 is 27.4 Å². The molecule has 0 unspecified atom stereocenters. The van der Waals surface area contributed by atoms with Crippen LogP contribution >= 0.6 is 0 Å². The topological polar surface area (TPSA) is 69.5 Å². The molecule has 0 saturated heterocycles. The third-order valence-corrected chi connectivity index (χ3v) is 6.77. The number of nitrogens with zero attached hydrogens (tertiary/aromatic N) is 4. The second-order valence-corrected chi connectivity index (χ2v) is 9.17. The molecule has 34 heavy (non-hydrogen) atoms. The van der Waals surface area contributed by atoms with Gasteiger partial charge in [0.25, 0.3) is 0 Å². The fraction of sp³-hybridized carbons (Fsp3) is 0.625. The van der Waals surface area contributed by atoms with Crippen LogP contribution in [0.4, 0.5) is 18.0 Å². The van der Waals surface area contributed by atoms with E-state index in [-0.39, 0.29) is 35.9 Å². The van der Waals surface area contributed by atoms with E-state index in [2.05, 4.69) is 9.97 Å². The molecule has 2 aromatic heterocycles. The number of hydrogen-bond acceptors (Lipinski definition) is 5. The molecule has 0 spiro atoms. The molecule has 0 atom stereocenters. The molecular formula is C24H31F3N4O3. The molecule has 7 nitrogen and oxygen atoms in total. The summed E-state index contributed by atoms with van der Waals surface area (Å²) >= 11 is 0. The Hall–Kier alpha value is -2.78. The molecule has 2 aliphatic rings. The first-order valence-electron chi connectivity index (χ1n) is 11.9. The largest absolute Gasteiger partial charge is 0.488 e. The van der Waals surface area contributed by atoms with Gasteiger partial charge in [-0.05, 0) is 50.7 Å². The van der Waals surface area contributed by atoms with E-state index in [0.717, 1.165) is 57.8 Å².